The molecular formula is C22H21FN8O3. The number of carbonyl (C=O) groups is 1. The molecule has 1 aliphatic heterocycles. The van der Waals surface area contributed by atoms with Crippen LogP contribution in [0.2, 0.25) is 0 Å². The standard InChI is InChI=1S/C22H21FN8O3/c23-15-6-2-1-4-12(15)10-30-21-14(5-3-8-26-21)16(29-30)20-27-18(24)17(19(25)28-20)31(22(32)33)13-7-9-34-11-13/h1-6,8,13H,7,9-11H2,(H,32,33)(H4,24,25,27,28)/t13-/m0/s1. The van der Waals surface area contributed by atoms with Gasteiger partial charge < -0.3 is 21.3 Å². The number of nitrogen functional groups attached to an aromatic ring is 2. The molecule has 1 atom stereocenters. The lowest BCUT2D eigenvalue weighted by Crippen LogP contribution is -2.41. The van der Waals surface area contributed by atoms with Gasteiger partial charge in [0.1, 0.15) is 17.2 Å². The average molecular weight is 464 g/mol. The molecule has 3 aromatic heterocycles. The second-order valence-electron chi connectivity index (χ2n) is 7.81. The zero-order chi connectivity index (χ0) is 23.8. The number of aromatic nitrogens is 5. The summed E-state index contributed by atoms with van der Waals surface area (Å²) in [7, 11) is 0. The van der Waals surface area contributed by atoms with E-state index in [2.05, 4.69) is 20.1 Å². The van der Waals surface area contributed by atoms with Crippen LogP contribution in [0.25, 0.3) is 22.6 Å². The maximum Gasteiger partial charge on any atom is 0.412 e. The van der Waals surface area contributed by atoms with Gasteiger partial charge in [-0.1, -0.05) is 18.2 Å². The van der Waals surface area contributed by atoms with E-state index in [9.17, 15) is 14.3 Å². The van der Waals surface area contributed by atoms with Crippen molar-refractivity contribution in [1.29, 1.82) is 0 Å². The van der Waals surface area contributed by atoms with Gasteiger partial charge in [0, 0.05) is 18.4 Å². The van der Waals surface area contributed by atoms with E-state index in [1.807, 2.05) is 0 Å². The molecule has 34 heavy (non-hydrogen) atoms. The van der Waals surface area contributed by atoms with Crippen molar-refractivity contribution in [2.75, 3.05) is 29.6 Å². The van der Waals surface area contributed by atoms with Crippen molar-refractivity contribution in [3.05, 3.63) is 54.0 Å². The van der Waals surface area contributed by atoms with Crippen LogP contribution in [0.1, 0.15) is 12.0 Å². The maximum atomic E-state index is 14.2. The van der Waals surface area contributed by atoms with Crippen molar-refractivity contribution in [3.63, 3.8) is 0 Å². The maximum absolute atomic E-state index is 14.2. The Labute approximate surface area is 192 Å². The van der Waals surface area contributed by atoms with Crippen LogP contribution in [0.15, 0.2) is 42.6 Å². The number of fused-ring (bicyclic) bond motifs is 1. The van der Waals surface area contributed by atoms with Crippen LogP contribution in [0.5, 0.6) is 0 Å². The Bertz CT molecular complexity index is 1360. The third-order valence-corrected chi connectivity index (χ3v) is 5.65. The molecule has 0 spiro atoms. The largest absolute Gasteiger partial charge is 0.465 e. The van der Waals surface area contributed by atoms with Gasteiger partial charge in [-0.25, -0.2) is 28.8 Å². The number of nitrogens with two attached hydrogens (primary N) is 2. The zero-order valence-electron chi connectivity index (χ0n) is 17.9. The van der Waals surface area contributed by atoms with Crippen molar-refractivity contribution in [3.8, 4) is 11.5 Å². The number of rotatable bonds is 5. The Morgan fingerprint density at radius 2 is 1.97 bits per heavy atom. The predicted octanol–water partition coefficient (Wildman–Crippen LogP) is 2.51. The molecule has 0 aliphatic carbocycles. The quantitative estimate of drug-likeness (QED) is 0.403. The smallest absolute Gasteiger partial charge is 0.412 e. The number of ether oxygens (including phenoxy) is 1. The van der Waals surface area contributed by atoms with Crippen LogP contribution >= 0.6 is 0 Å². The van der Waals surface area contributed by atoms with Crippen LogP contribution in [-0.4, -0.2) is 55.2 Å². The Morgan fingerprint density at radius 1 is 1.21 bits per heavy atom. The number of carboxylic acid groups (broad SMARTS) is 1. The van der Waals surface area contributed by atoms with Crippen LogP contribution in [0.4, 0.5) is 26.5 Å². The molecule has 0 bridgehead atoms. The summed E-state index contributed by atoms with van der Waals surface area (Å²) in [5, 5.41) is 15.0. The number of pyridine rings is 1. The average Bonchev–Trinajstić information content (AvgIpc) is 3.46. The van der Waals surface area contributed by atoms with E-state index in [4.69, 9.17) is 16.2 Å². The van der Waals surface area contributed by atoms with Crippen molar-refractivity contribution in [2.45, 2.75) is 19.0 Å². The lowest BCUT2D eigenvalue weighted by atomic mass is 10.2. The van der Waals surface area contributed by atoms with Crippen LogP contribution in [0, 0.1) is 5.82 Å². The van der Waals surface area contributed by atoms with Gasteiger partial charge in [-0.3, -0.25) is 4.90 Å². The summed E-state index contributed by atoms with van der Waals surface area (Å²) < 4.78 is 21.1. The number of halogens is 1. The molecule has 1 saturated heterocycles. The molecule has 1 amide bonds. The van der Waals surface area contributed by atoms with Gasteiger partial charge in [-0.15, -0.1) is 0 Å². The summed E-state index contributed by atoms with van der Waals surface area (Å²) in [6.07, 6.45) is 0.880. The fraction of sp³-hybridized carbons (Fsp3) is 0.227. The molecular weight excluding hydrogens is 443 g/mol. The van der Waals surface area contributed by atoms with Gasteiger partial charge in [0.05, 0.1) is 24.6 Å². The first-order chi connectivity index (χ1) is 16.4. The highest BCUT2D eigenvalue weighted by atomic mass is 19.1. The molecule has 0 radical (unpaired) electrons. The monoisotopic (exact) mass is 464 g/mol. The molecule has 1 aliphatic rings. The molecule has 1 aromatic carbocycles. The summed E-state index contributed by atoms with van der Waals surface area (Å²) in [4.78, 5) is 26.1. The minimum absolute atomic E-state index is 0.0139. The van der Waals surface area contributed by atoms with Gasteiger partial charge >= 0.3 is 6.09 Å². The van der Waals surface area contributed by atoms with E-state index in [0.29, 0.717) is 35.3 Å². The van der Waals surface area contributed by atoms with E-state index in [1.165, 1.54) is 6.07 Å². The summed E-state index contributed by atoms with van der Waals surface area (Å²) in [5.74, 6) is -0.450. The minimum Gasteiger partial charge on any atom is -0.465 e. The van der Waals surface area contributed by atoms with Crippen LogP contribution in [-0.2, 0) is 11.3 Å². The Balaban J connectivity index is 1.59. The van der Waals surface area contributed by atoms with E-state index >= 15 is 0 Å². The Hall–Kier alpha value is -4.32. The predicted molar refractivity (Wildman–Crippen MR) is 123 cm³/mol. The first-order valence-electron chi connectivity index (χ1n) is 10.5. The fourth-order valence-corrected chi connectivity index (χ4v) is 4.08. The molecule has 0 unspecified atom stereocenters. The number of benzene rings is 1. The highest BCUT2D eigenvalue weighted by Crippen LogP contribution is 2.34. The molecule has 5 rings (SSSR count). The summed E-state index contributed by atoms with van der Waals surface area (Å²) in [5.41, 5.74) is 13.7. The van der Waals surface area contributed by atoms with E-state index in [0.717, 1.165) is 4.90 Å². The third-order valence-electron chi connectivity index (χ3n) is 5.65. The van der Waals surface area contributed by atoms with Crippen molar-refractivity contribution >= 4 is 34.4 Å². The number of hydrogen-bond donors (Lipinski definition) is 3. The SMILES string of the molecule is Nc1nc(-c2nn(Cc3ccccc3F)c3ncccc23)nc(N)c1N(C(=O)O)[C@H]1CCOC1. The summed E-state index contributed by atoms with van der Waals surface area (Å²) >= 11 is 0. The van der Waals surface area contributed by atoms with Crippen molar-refractivity contribution < 1.29 is 19.0 Å². The molecule has 5 N–H and O–H groups in total. The lowest BCUT2D eigenvalue weighted by molar-refractivity contribution is 0.183. The van der Waals surface area contributed by atoms with Gasteiger partial charge in [-0.2, -0.15) is 5.10 Å². The van der Waals surface area contributed by atoms with E-state index in [-0.39, 0.29) is 42.1 Å². The second kappa shape index (κ2) is 8.56. The molecule has 0 saturated carbocycles. The van der Waals surface area contributed by atoms with E-state index < -0.39 is 12.1 Å². The van der Waals surface area contributed by atoms with Gasteiger partial charge in [-0.05, 0) is 24.6 Å². The van der Waals surface area contributed by atoms with E-state index in [1.54, 1.807) is 41.2 Å². The second-order valence-corrected chi connectivity index (χ2v) is 7.81. The highest BCUT2D eigenvalue weighted by Gasteiger charge is 2.33. The van der Waals surface area contributed by atoms with Crippen molar-refractivity contribution in [2.24, 2.45) is 0 Å². The molecule has 1 fully saturated rings. The number of nitrogens with zero attached hydrogens (tertiary/aromatic N) is 6. The van der Waals surface area contributed by atoms with Crippen LogP contribution < -0.4 is 16.4 Å². The van der Waals surface area contributed by atoms with Gasteiger partial charge in [0.25, 0.3) is 0 Å². The summed E-state index contributed by atoms with van der Waals surface area (Å²) in [6, 6.07) is 9.47. The number of hydrogen-bond acceptors (Lipinski definition) is 8. The lowest BCUT2D eigenvalue weighted by Gasteiger charge is -2.26. The normalized spacial score (nSPS) is 15.6. The Morgan fingerprint density at radius 3 is 2.65 bits per heavy atom. The molecule has 11 nitrogen and oxygen atoms in total. The van der Waals surface area contributed by atoms with Gasteiger partial charge in [0.15, 0.2) is 23.1 Å². The van der Waals surface area contributed by atoms with Crippen LogP contribution in [0.3, 0.4) is 0 Å². The minimum atomic E-state index is -1.23. The third kappa shape index (κ3) is 3.73. The van der Waals surface area contributed by atoms with Gasteiger partial charge in [0.2, 0.25) is 0 Å². The summed E-state index contributed by atoms with van der Waals surface area (Å²) in [6.45, 7) is 0.799. The topological polar surface area (TPSA) is 158 Å². The molecule has 4 aromatic rings. The Kier molecular flexibility index (Phi) is 5.42. The molecule has 12 heteroatoms. The molecule has 174 valence electrons. The first kappa shape index (κ1) is 21.5. The highest BCUT2D eigenvalue weighted by molar-refractivity contribution is 5.96. The fourth-order valence-electron chi connectivity index (χ4n) is 4.08. The van der Waals surface area contributed by atoms with Crippen molar-refractivity contribution in [1.82, 2.24) is 24.7 Å². The zero-order valence-corrected chi connectivity index (χ0v) is 17.9. The number of anilines is 3. The molecule has 4 heterocycles. The number of amides is 1. The first-order valence-corrected chi connectivity index (χ1v) is 10.5.